The van der Waals surface area contributed by atoms with Crippen LogP contribution in [0.15, 0.2) is 0 Å². The zero-order valence-electron chi connectivity index (χ0n) is 70.0. The van der Waals surface area contributed by atoms with E-state index in [1.165, 1.54) is 88.7 Å². The Morgan fingerprint density at radius 3 is 0.947 bits per heavy atom. The third-order valence-corrected chi connectivity index (χ3v) is 25.3. The van der Waals surface area contributed by atoms with E-state index >= 15 is 0 Å². The number of aromatic nitrogens is 10. The monoisotopic (exact) mass is 1340 g/mol. The summed E-state index contributed by atoms with van der Waals surface area (Å²) in [6, 6.07) is 1.56. The van der Waals surface area contributed by atoms with Crippen LogP contribution in [-0.4, -0.2) is 92.9 Å². The molecule has 6 aromatic rings. The second kappa shape index (κ2) is 34.2. The highest BCUT2D eigenvalue weighted by molar-refractivity contribution is 7.06. The second-order valence-electron chi connectivity index (χ2n) is 33.6. The summed E-state index contributed by atoms with van der Waals surface area (Å²) >= 11 is 3.24. The molecule has 8 heterocycles. The SMILES string of the molecule is CC(C)C1C(C)(C)N(C)C(C)(C)C1(C)C.CC(C)N1C(C)(C)C(C)C(C)(C)C1(C)C.Cc1c(C(C)C)nn(C)c1C.Cc1nn(C(C)C)c(C)c1C.Cc1nn(C(C)C)c(C)c1C.Cc1nn(C)c(C)c1C(C)C.Cc1nsc(C(C)C)c1C.Cc1snc(C(C)C)c1C. The van der Waals surface area contributed by atoms with Gasteiger partial charge in [-0.2, -0.15) is 29.1 Å². The molecule has 2 fully saturated rings. The van der Waals surface area contributed by atoms with Crippen molar-refractivity contribution >= 4 is 23.1 Å². The fourth-order valence-corrected chi connectivity index (χ4v) is 17.3. The summed E-state index contributed by atoms with van der Waals surface area (Å²) in [4.78, 5) is 8.05. The van der Waals surface area contributed by atoms with Crippen molar-refractivity contribution in [2.75, 3.05) is 7.05 Å². The van der Waals surface area contributed by atoms with Gasteiger partial charge in [0.05, 0.1) is 34.2 Å². The van der Waals surface area contributed by atoms with Gasteiger partial charge in [-0.1, -0.05) is 104 Å². The fraction of sp³-hybridized carbons (Fsp3) is 0.775. The molecule has 0 aliphatic carbocycles. The maximum Gasteiger partial charge on any atom is 0.0681 e. The van der Waals surface area contributed by atoms with Crippen LogP contribution in [0, 0.1) is 126 Å². The van der Waals surface area contributed by atoms with Crippen molar-refractivity contribution in [2.24, 2.45) is 42.7 Å². The number of likely N-dealkylation sites (tertiary alicyclic amines) is 2. The third kappa shape index (κ3) is 19.7. The molecular weight excluding hydrogens is 1190 g/mol. The van der Waals surface area contributed by atoms with Crippen LogP contribution < -0.4 is 0 Å². The predicted octanol–water partition coefficient (Wildman–Crippen LogP) is 22.6. The highest BCUT2D eigenvalue weighted by Crippen LogP contribution is 2.59. The molecule has 14 heteroatoms. The van der Waals surface area contributed by atoms with Crippen LogP contribution in [0.5, 0.6) is 0 Å². The average molecular weight is 1340 g/mol. The minimum atomic E-state index is 0.268. The van der Waals surface area contributed by atoms with Crippen LogP contribution in [0.2, 0.25) is 0 Å². The molecule has 12 nitrogen and oxygen atoms in total. The summed E-state index contributed by atoms with van der Waals surface area (Å²) in [5.41, 5.74) is 22.3. The van der Waals surface area contributed by atoms with E-state index < -0.39 is 0 Å². The van der Waals surface area contributed by atoms with Gasteiger partial charge >= 0.3 is 0 Å². The summed E-state index contributed by atoms with van der Waals surface area (Å²) in [6.45, 7) is 96.3. The minimum Gasteiger partial charge on any atom is -0.295 e. The zero-order chi connectivity index (χ0) is 74.3. The Morgan fingerprint density at radius 1 is 0.372 bits per heavy atom. The largest absolute Gasteiger partial charge is 0.295 e. The Morgan fingerprint density at radius 2 is 0.798 bits per heavy atom. The second-order valence-corrected chi connectivity index (χ2v) is 35.3. The zero-order valence-corrected chi connectivity index (χ0v) is 71.6. The molecule has 2 unspecified atom stereocenters. The molecule has 2 atom stereocenters. The lowest BCUT2D eigenvalue weighted by molar-refractivity contribution is 0.0170. The Kier molecular flexibility index (Phi) is 32.0. The molecule has 0 amide bonds. The topological polar surface area (TPSA) is 104 Å². The van der Waals surface area contributed by atoms with E-state index in [0.717, 1.165) is 23.2 Å². The molecule has 0 bridgehead atoms. The lowest BCUT2D eigenvalue weighted by Gasteiger charge is -2.46. The Hall–Kier alpha value is -3.98. The van der Waals surface area contributed by atoms with Gasteiger partial charge in [0.1, 0.15) is 0 Å². The van der Waals surface area contributed by atoms with Gasteiger partial charge in [0.2, 0.25) is 0 Å². The number of nitrogens with zero attached hydrogens (tertiary/aromatic N) is 12. The van der Waals surface area contributed by atoms with Gasteiger partial charge in [-0.25, -0.2) is 0 Å². The highest BCUT2D eigenvalue weighted by Gasteiger charge is 2.62. The van der Waals surface area contributed by atoms with Crippen molar-refractivity contribution in [3.8, 4) is 0 Å². The lowest BCUT2D eigenvalue weighted by atomic mass is 9.62. The van der Waals surface area contributed by atoms with Gasteiger partial charge < -0.3 is 0 Å². The first-order chi connectivity index (χ1) is 42.3. The van der Waals surface area contributed by atoms with Crippen LogP contribution in [-0.2, 0) is 14.1 Å². The fourth-order valence-electron chi connectivity index (χ4n) is 15.6. The van der Waals surface area contributed by atoms with Crippen molar-refractivity contribution in [1.29, 1.82) is 0 Å². The molecule has 2 aliphatic heterocycles. The summed E-state index contributed by atoms with van der Waals surface area (Å²) in [7, 11) is 6.27. The molecule has 8 rings (SSSR count). The lowest BCUT2D eigenvalue weighted by Crippen LogP contribution is -2.54. The van der Waals surface area contributed by atoms with E-state index in [1.54, 1.807) is 23.1 Å². The summed E-state index contributed by atoms with van der Waals surface area (Å²) in [5, 5.41) is 17.6. The normalized spacial score (nSPS) is 18.2. The van der Waals surface area contributed by atoms with Crippen LogP contribution in [0.4, 0.5) is 0 Å². The third-order valence-electron chi connectivity index (χ3n) is 23.1. The predicted molar refractivity (Wildman–Crippen MR) is 415 cm³/mol. The van der Waals surface area contributed by atoms with Crippen LogP contribution >= 0.6 is 23.1 Å². The van der Waals surface area contributed by atoms with E-state index in [9.17, 15) is 0 Å². The molecule has 2 saturated heterocycles. The molecule has 2 aliphatic rings. The molecule has 0 N–H and O–H groups in total. The summed E-state index contributed by atoms with van der Waals surface area (Å²) in [6.07, 6.45) is 0. The molecule has 94 heavy (non-hydrogen) atoms. The Bertz CT molecular complexity index is 3050. The number of aryl methyl sites for hydroxylation is 7. The van der Waals surface area contributed by atoms with E-state index in [1.807, 2.05) is 23.5 Å². The van der Waals surface area contributed by atoms with Crippen molar-refractivity contribution in [1.82, 2.24) is 57.7 Å². The first kappa shape index (κ1) is 88.0. The number of hydrogen-bond donors (Lipinski definition) is 0. The van der Waals surface area contributed by atoms with Crippen molar-refractivity contribution in [3.05, 3.63) is 100 Å². The maximum absolute atomic E-state index is 4.43. The standard InChI is InChI=1S/2C14H29N.4C9H16N2.2C8H13NS/c1-10(2)11-12(3,4)14(7,8)15(9)13(11,5)6;1-10(2)15-13(6,7)11(3)12(4,5)14(15,8)9;1-6(2)9-7(3)10-11(5)8(9)4;1-6(2)9-7(3)8(4)11(5)10-9;2*1-6(2)11-9(5)7(3)8(4)10-11;1-5(2)8-6(3)7(4)10-9-8;1-5(2)8-6(3)7(4)9-10-8/h2*10-11H,1-9H3;4*6H,1-5H3;2*5H,1-4H3. The van der Waals surface area contributed by atoms with E-state index in [4.69, 9.17) is 0 Å². The summed E-state index contributed by atoms with van der Waals surface area (Å²) in [5.74, 6) is 4.52. The van der Waals surface area contributed by atoms with Crippen LogP contribution in [0.3, 0.4) is 0 Å². The van der Waals surface area contributed by atoms with Crippen LogP contribution in [0.1, 0.15) is 337 Å². The minimum absolute atomic E-state index is 0.268. The van der Waals surface area contributed by atoms with E-state index in [0.29, 0.717) is 69.6 Å². The van der Waals surface area contributed by atoms with Crippen LogP contribution in [0.25, 0.3) is 0 Å². The number of hydrogen-bond acceptors (Lipinski definition) is 10. The van der Waals surface area contributed by atoms with Gasteiger partial charge in [0.15, 0.2) is 0 Å². The first-order valence-corrected chi connectivity index (χ1v) is 37.3. The smallest absolute Gasteiger partial charge is 0.0681 e. The Labute approximate surface area is 588 Å². The molecule has 0 aromatic carbocycles. The first-order valence-electron chi connectivity index (χ1n) is 35.8. The summed E-state index contributed by atoms with van der Waals surface area (Å²) < 4.78 is 16.7. The molecular formula is C80H148N12S2. The molecule has 0 spiro atoms. The molecule has 0 saturated carbocycles. The maximum atomic E-state index is 4.43. The average Bonchev–Trinajstić information content (AvgIpc) is 1.56. The molecule has 540 valence electrons. The van der Waals surface area contributed by atoms with Gasteiger partial charge in [0, 0.05) is 86.9 Å². The van der Waals surface area contributed by atoms with Gasteiger partial charge in [-0.3, -0.25) is 28.5 Å². The Balaban J connectivity index is 0.000000540. The number of rotatable bonds is 8. The van der Waals surface area contributed by atoms with Crippen molar-refractivity contribution in [3.63, 3.8) is 0 Å². The van der Waals surface area contributed by atoms with Crippen molar-refractivity contribution < 1.29 is 0 Å². The highest BCUT2D eigenvalue weighted by atomic mass is 32.1. The van der Waals surface area contributed by atoms with Gasteiger partial charge in [-0.15, -0.1) is 0 Å². The van der Waals surface area contributed by atoms with Gasteiger partial charge in [0.25, 0.3) is 0 Å². The quantitative estimate of drug-likeness (QED) is 0.148. The molecule has 0 radical (unpaired) electrons. The van der Waals surface area contributed by atoms with Crippen molar-refractivity contribution in [2.45, 2.75) is 362 Å². The van der Waals surface area contributed by atoms with Gasteiger partial charge in [-0.05, 0) is 310 Å². The van der Waals surface area contributed by atoms with E-state index in [2.05, 4.69) is 353 Å². The van der Waals surface area contributed by atoms with E-state index in [-0.39, 0.29) is 11.1 Å². The molecule has 6 aromatic heterocycles.